The molecule has 28 heavy (non-hydrogen) atoms. The monoisotopic (exact) mass is 362 g/mol. The van der Waals surface area contributed by atoms with Crippen LogP contribution in [0.15, 0.2) is 109 Å². The maximum Gasteiger partial charge on any atom is 0.193 e. The minimum Gasteiger partial charge on any atom is -0.289 e. The summed E-state index contributed by atoms with van der Waals surface area (Å²) in [6.07, 6.45) is 0. The van der Waals surface area contributed by atoms with Gasteiger partial charge < -0.3 is 0 Å². The van der Waals surface area contributed by atoms with E-state index in [0.29, 0.717) is 22.3 Å². The lowest BCUT2D eigenvalue weighted by molar-refractivity contribution is 0.100. The Labute approximate surface area is 164 Å². The molecule has 4 rings (SSSR count). The number of hydrogen-bond donors (Lipinski definition) is 0. The van der Waals surface area contributed by atoms with Crippen molar-refractivity contribution in [2.75, 3.05) is 0 Å². The zero-order valence-corrected chi connectivity index (χ0v) is 15.2. The average molecular weight is 362 g/mol. The van der Waals surface area contributed by atoms with Gasteiger partial charge in [0.05, 0.1) is 0 Å². The molecule has 0 fully saturated rings. The van der Waals surface area contributed by atoms with Crippen molar-refractivity contribution in [3.63, 3.8) is 0 Å². The van der Waals surface area contributed by atoms with Gasteiger partial charge in [-0.05, 0) is 23.3 Å². The van der Waals surface area contributed by atoms with Gasteiger partial charge in [-0.2, -0.15) is 0 Å². The van der Waals surface area contributed by atoms with Crippen molar-refractivity contribution in [2.24, 2.45) is 0 Å². The molecule has 0 spiro atoms. The van der Waals surface area contributed by atoms with Crippen LogP contribution in [0.5, 0.6) is 0 Å². The average Bonchev–Trinajstić information content (AvgIpc) is 2.79. The summed E-state index contributed by atoms with van der Waals surface area (Å²) in [6, 6.07) is 33.4. The molecule has 0 aliphatic carbocycles. The van der Waals surface area contributed by atoms with Crippen molar-refractivity contribution >= 4 is 11.6 Å². The van der Waals surface area contributed by atoms with E-state index < -0.39 is 0 Å². The van der Waals surface area contributed by atoms with Gasteiger partial charge in [0.1, 0.15) is 0 Å². The summed E-state index contributed by atoms with van der Waals surface area (Å²) in [5.74, 6) is -0.308. The topological polar surface area (TPSA) is 34.1 Å². The zero-order chi connectivity index (χ0) is 19.3. The summed E-state index contributed by atoms with van der Waals surface area (Å²) in [6.45, 7) is 0. The molecule has 0 saturated carbocycles. The van der Waals surface area contributed by atoms with Gasteiger partial charge in [-0.3, -0.25) is 9.59 Å². The predicted molar refractivity (Wildman–Crippen MR) is 112 cm³/mol. The van der Waals surface area contributed by atoms with Gasteiger partial charge in [-0.1, -0.05) is 97.1 Å². The Hall–Kier alpha value is -3.78. The largest absolute Gasteiger partial charge is 0.289 e. The lowest BCUT2D eigenvalue weighted by Crippen LogP contribution is -2.11. The molecular formula is C26H18O2. The van der Waals surface area contributed by atoms with E-state index in [-0.39, 0.29) is 11.6 Å². The smallest absolute Gasteiger partial charge is 0.193 e. The number of ketones is 2. The molecule has 0 aromatic heterocycles. The Kier molecular flexibility index (Phi) is 4.94. The predicted octanol–water partition coefficient (Wildman–Crippen LogP) is 5.82. The molecule has 0 aliphatic rings. The van der Waals surface area contributed by atoms with Gasteiger partial charge in [-0.15, -0.1) is 0 Å². The van der Waals surface area contributed by atoms with Crippen molar-refractivity contribution in [2.45, 2.75) is 0 Å². The summed E-state index contributed by atoms with van der Waals surface area (Å²) in [7, 11) is 0. The summed E-state index contributed by atoms with van der Waals surface area (Å²) >= 11 is 0. The molecule has 0 N–H and O–H groups in total. The third-order valence-electron chi connectivity index (χ3n) is 4.69. The molecule has 0 heterocycles. The first-order valence-corrected chi connectivity index (χ1v) is 9.13. The Balaban J connectivity index is 1.86. The van der Waals surface area contributed by atoms with E-state index in [4.69, 9.17) is 0 Å². The van der Waals surface area contributed by atoms with Crippen LogP contribution in [0.4, 0.5) is 0 Å². The van der Waals surface area contributed by atoms with E-state index in [1.165, 1.54) is 0 Å². The molecule has 0 radical (unpaired) electrons. The van der Waals surface area contributed by atoms with E-state index in [1.54, 1.807) is 30.3 Å². The number of rotatable bonds is 5. The second kappa shape index (κ2) is 7.85. The second-order valence-corrected chi connectivity index (χ2v) is 6.52. The highest BCUT2D eigenvalue weighted by atomic mass is 16.1. The second-order valence-electron chi connectivity index (χ2n) is 6.52. The van der Waals surface area contributed by atoms with Gasteiger partial charge in [0.15, 0.2) is 11.6 Å². The first-order valence-electron chi connectivity index (χ1n) is 9.13. The molecule has 0 atom stereocenters. The normalized spacial score (nSPS) is 10.4. The molecule has 4 aromatic rings. The lowest BCUT2D eigenvalue weighted by atomic mass is 9.90. The van der Waals surface area contributed by atoms with Gasteiger partial charge >= 0.3 is 0 Å². The zero-order valence-electron chi connectivity index (χ0n) is 15.2. The molecule has 4 aromatic carbocycles. The molecule has 0 unspecified atom stereocenters. The maximum atomic E-state index is 13.2. The molecule has 134 valence electrons. The van der Waals surface area contributed by atoms with Gasteiger partial charge in [0.25, 0.3) is 0 Å². The molecule has 0 aliphatic heterocycles. The summed E-state index contributed by atoms with van der Waals surface area (Å²) in [5, 5.41) is 0. The molecule has 2 nitrogen and oxygen atoms in total. The summed E-state index contributed by atoms with van der Waals surface area (Å²) < 4.78 is 0. The van der Waals surface area contributed by atoms with Crippen molar-refractivity contribution < 1.29 is 9.59 Å². The first-order chi connectivity index (χ1) is 13.7. The van der Waals surface area contributed by atoms with Crippen LogP contribution in [-0.2, 0) is 0 Å². The fourth-order valence-corrected chi connectivity index (χ4v) is 3.23. The van der Waals surface area contributed by atoms with E-state index in [0.717, 1.165) is 11.1 Å². The van der Waals surface area contributed by atoms with Crippen LogP contribution in [0.1, 0.15) is 31.8 Å². The van der Waals surface area contributed by atoms with Gasteiger partial charge in [0, 0.05) is 22.3 Å². The highest BCUT2D eigenvalue weighted by Crippen LogP contribution is 2.26. The standard InChI is InChI=1S/C26H18O2/c27-25(20-12-6-2-7-13-20)23-17-16-22(19-10-4-1-5-11-19)18-24(23)26(28)21-14-8-3-9-15-21/h1-18H. The van der Waals surface area contributed by atoms with Crippen molar-refractivity contribution in [3.8, 4) is 11.1 Å². The number of carbonyl (C=O) groups excluding carboxylic acids is 2. The third-order valence-corrected chi connectivity index (χ3v) is 4.69. The highest BCUT2D eigenvalue weighted by molar-refractivity contribution is 6.20. The fourth-order valence-electron chi connectivity index (χ4n) is 3.23. The SMILES string of the molecule is O=C(c1ccccc1)c1ccc(-c2ccccc2)cc1C(=O)c1ccccc1. The van der Waals surface area contributed by atoms with Crippen LogP contribution >= 0.6 is 0 Å². The van der Waals surface area contributed by atoms with Crippen molar-refractivity contribution in [1.29, 1.82) is 0 Å². The Bertz CT molecular complexity index is 1110. The molecule has 2 heteroatoms. The van der Waals surface area contributed by atoms with E-state index >= 15 is 0 Å². The highest BCUT2D eigenvalue weighted by Gasteiger charge is 2.20. The van der Waals surface area contributed by atoms with Crippen LogP contribution in [-0.4, -0.2) is 11.6 Å². The molecule has 0 bridgehead atoms. The quantitative estimate of drug-likeness (QED) is 0.420. The van der Waals surface area contributed by atoms with Crippen LogP contribution in [0.25, 0.3) is 11.1 Å². The lowest BCUT2D eigenvalue weighted by Gasteiger charge is -2.11. The third kappa shape index (κ3) is 3.53. The van der Waals surface area contributed by atoms with E-state index in [2.05, 4.69) is 0 Å². The Morgan fingerprint density at radius 2 is 0.893 bits per heavy atom. The Morgan fingerprint density at radius 1 is 0.429 bits per heavy atom. The van der Waals surface area contributed by atoms with E-state index in [1.807, 2.05) is 78.9 Å². The number of benzene rings is 4. The van der Waals surface area contributed by atoms with Crippen molar-refractivity contribution in [3.05, 3.63) is 131 Å². The minimum atomic E-state index is -0.155. The fraction of sp³-hybridized carbons (Fsp3) is 0. The number of carbonyl (C=O) groups is 2. The van der Waals surface area contributed by atoms with Crippen molar-refractivity contribution in [1.82, 2.24) is 0 Å². The molecule has 0 saturated heterocycles. The van der Waals surface area contributed by atoms with Crippen LogP contribution in [0, 0.1) is 0 Å². The first kappa shape index (κ1) is 17.6. The van der Waals surface area contributed by atoms with Crippen LogP contribution in [0.2, 0.25) is 0 Å². The Morgan fingerprint density at radius 3 is 1.43 bits per heavy atom. The molecular weight excluding hydrogens is 344 g/mol. The summed E-state index contributed by atoms with van der Waals surface area (Å²) in [5.41, 5.74) is 3.88. The maximum absolute atomic E-state index is 13.2. The van der Waals surface area contributed by atoms with E-state index in [9.17, 15) is 9.59 Å². The van der Waals surface area contributed by atoms with Crippen LogP contribution < -0.4 is 0 Å². The molecule has 0 amide bonds. The summed E-state index contributed by atoms with van der Waals surface area (Å²) in [4.78, 5) is 26.3. The number of hydrogen-bond acceptors (Lipinski definition) is 2. The van der Waals surface area contributed by atoms with Gasteiger partial charge in [0.2, 0.25) is 0 Å². The van der Waals surface area contributed by atoms with Crippen LogP contribution in [0.3, 0.4) is 0 Å². The van der Waals surface area contributed by atoms with Gasteiger partial charge in [-0.25, -0.2) is 0 Å². The minimum absolute atomic E-state index is 0.153.